The Morgan fingerprint density at radius 2 is 1.66 bits per heavy atom. The fourth-order valence-corrected chi connectivity index (χ4v) is 3.99. The number of anilines is 1. The molecule has 6 nitrogen and oxygen atoms in total. The molecule has 0 atom stereocenters. The summed E-state index contributed by atoms with van der Waals surface area (Å²) in [6, 6.07) is 20.8. The predicted molar refractivity (Wildman–Crippen MR) is 113 cm³/mol. The fraction of sp³-hybridized carbons (Fsp3) is 0.136. The second kappa shape index (κ2) is 8.79. The van der Waals surface area contributed by atoms with Crippen LogP contribution in [0.5, 0.6) is 5.75 Å². The number of carbonyl (C=O) groups is 1. The summed E-state index contributed by atoms with van der Waals surface area (Å²) >= 11 is 0. The van der Waals surface area contributed by atoms with E-state index < -0.39 is 10.0 Å². The molecule has 0 aliphatic rings. The zero-order valence-electron chi connectivity index (χ0n) is 16.2. The van der Waals surface area contributed by atoms with Crippen molar-refractivity contribution in [3.05, 3.63) is 89.5 Å². The lowest BCUT2D eigenvalue weighted by atomic mass is 10.2. The second-order valence-electron chi connectivity index (χ2n) is 6.51. The number of carbonyl (C=O) groups excluding carboxylic acids is 1. The van der Waals surface area contributed by atoms with E-state index in [4.69, 9.17) is 4.74 Å². The van der Waals surface area contributed by atoms with Gasteiger partial charge in [-0.05, 0) is 42.8 Å². The first kappa shape index (κ1) is 20.4. The lowest BCUT2D eigenvalue weighted by Gasteiger charge is -2.13. The van der Waals surface area contributed by atoms with E-state index in [1.807, 2.05) is 49.4 Å². The van der Waals surface area contributed by atoms with Gasteiger partial charge in [-0.2, -0.15) is 0 Å². The summed E-state index contributed by atoms with van der Waals surface area (Å²) < 4.78 is 33.5. The van der Waals surface area contributed by atoms with Crippen LogP contribution in [0.4, 0.5) is 5.69 Å². The van der Waals surface area contributed by atoms with Crippen LogP contribution in [0.2, 0.25) is 0 Å². The number of sulfonamides is 1. The maximum atomic E-state index is 12.9. The number of amides is 1. The van der Waals surface area contributed by atoms with Crippen LogP contribution < -0.4 is 14.8 Å². The minimum Gasteiger partial charge on any atom is -0.495 e. The Kier molecular flexibility index (Phi) is 6.19. The Bertz CT molecular complexity index is 1100. The first-order valence-electron chi connectivity index (χ1n) is 8.99. The van der Waals surface area contributed by atoms with E-state index in [1.54, 1.807) is 12.1 Å². The zero-order chi connectivity index (χ0) is 20.9. The van der Waals surface area contributed by atoms with Crippen LogP contribution in [0.1, 0.15) is 21.5 Å². The molecule has 0 saturated carbocycles. The van der Waals surface area contributed by atoms with E-state index in [1.165, 1.54) is 25.3 Å². The minimum atomic E-state index is -3.95. The number of ether oxygens (including phenoxy) is 1. The summed E-state index contributed by atoms with van der Waals surface area (Å²) in [6.45, 7) is 2.26. The number of benzene rings is 3. The highest BCUT2D eigenvalue weighted by molar-refractivity contribution is 7.92. The maximum absolute atomic E-state index is 12.9. The van der Waals surface area contributed by atoms with Gasteiger partial charge in [0.05, 0.1) is 7.11 Å². The van der Waals surface area contributed by atoms with Crippen molar-refractivity contribution in [3.8, 4) is 5.75 Å². The Hall–Kier alpha value is -3.32. The van der Waals surface area contributed by atoms with Gasteiger partial charge in [-0.25, -0.2) is 8.42 Å². The van der Waals surface area contributed by atoms with Crippen LogP contribution in [0.15, 0.2) is 77.7 Å². The normalized spacial score (nSPS) is 11.0. The third-order valence-corrected chi connectivity index (χ3v) is 5.72. The first-order chi connectivity index (χ1) is 13.9. The Balaban J connectivity index is 1.84. The van der Waals surface area contributed by atoms with Gasteiger partial charge in [0.25, 0.3) is 15.9 Å². The van der Waals surface area contributed by atoms with Gasteiger partial charge in [0, 0.05) is 17.8 Å². The Morgan fingerprint density at radius 1 is 0.966 bits per heavy atom. The molecule has 0 bridgehead atoms. The summed E-state index contributed by atoms with van der Waals surface area (Å²) in [5.41, 5.74) is 2.62. The highest BCUT2D eigenvalue weighted by Crippen LogP contribution is 2.27. The van der Waals surface area contributed by atoms with Crippen LogP contribution in [0, 0.1) is 6.92 Å². The molecule has 3 aromatic rings. The van der Waals surface area contributed by atoms with Gasteiger partial charge in [-0.3, -0.25) is 9.52 Å². The third kappa shape index (κ3) is 5.14. The molecule has 0 aromatic heterocycles. The van der Waals surface area contributed by atoms with E-state index in [0.29, 0.717) is 12.2 Å². The molecule has 29 heavy (non-hydrogen) atoms. The number of rotatable bonds is 7. The number of aryl methyl sites for hydroxylation is 1. The topological polar surface area (TPSA) is 84.5 Å². The minimum absolute atomic E-state index is 0.104. The van der Waals surface area contributed by atoms with Crippen molar-refractivity contribution in [1.29, 1.82) is 0 Å². The molecular formula is C22H22N2O4S. The molecule has 0 radical (unpaired) electrons. The van der Waals surface area contributed by atoms with E-state index in [0.717, 1.165) is 11.1 Å². The second-order valence-corrected chi connectivity index (χ2v) is 8.16. The summed E-state index contributed by atoms with van der Waals surface area (Å²) in [7, 11) is -2.56. The van der Waals surface area contributed by atoms with E-state index in [2.05, 4.69) is 10.0 Å². The van der Waals surface area contributed by atoms with Gasteiger partial charge in [0.2, 0.25) is 0 Å². The standard InChI is InChI=1S/C22H22N2O4S/c1-16-8-11-19(12-9-16)24-29(26,27)21-14-18(10-13-20(21)28-2)22(25)23-15-17-6-4-3-5-7-17/h3-14,24H,15H2,1-2H3,(H,23,25). The molecule has 150 valence electrons. The number of nitrogens with one attached hydrogen (secondary N) is 2. The molecule has 0 aliphatic carbocycles. The van der Waals surface area contributed by atoms with Crippen molar-refractivity contribution in [2.24, 2.45) is 0 Å². The van der Waals surface area contributed by atoms with Gasteiger partial charge in [0.15, 0.2) is 0 Å². The number of hydrogen-bond donors (Lipinski definition) is 2. The third-order valence-electron chi connectivity index (χ3n) is 4.32. The average Bonchev–Trinajstić information content (AvgIpc) is 2.73. The summed E-state index contributed by atoms with van der Waals surface area (Å²) in [5, 5.41) is 2.79. The molecule has 3 rings (SSSR count). The SMILES string of the molecule is COc1ccc(C(=O)NCc2ccccc2)cc1S(=O)(=O)Nc1ccc(C)cc1. The quantitative estimate of drug-likeness (QED) is 0.622. The molecule has 0 saturated heterocycles. The van der Waals surface area contributed by atoms with E-state index in [-0.39, 0.29) is 22.1 Å². The largest absolute Gasteiger partial charge is 0.495 e. The van der Waals surface area contributed by atoms with Crippen molar-refractivity contribution in [1.82, 2.24) is 5.32 Å². The van der Waals surface area contributed by atoms with E-state index in [9.17, 15) is 13.2 Å². The van der Waals surface area contributed by atoms with Crippen molar-refractivity contribution >= 4 is 21.6 Å². The van der Waals surface area contributed by atoms with Crippen LogP contribution >= 0.6 is 0 Å². The Labute approximate surface area is 170 Å². The van der Waals surface area contributed by atoms with Gasteiger partial charge < -0.3 is 10.1 Å². The summed E-state index contributed by atoms with van der Waals surface area (Å²) in [6.07, 6.45) is 0. The monoisotopic (exact) mass is 410 g/mol. The molecule has 0 unspecified atom stereocenters. The van der Waals surface area contributed by atoms with Crippen molar-refractivity contribution in [2.75, 3.05) is 11.8 Å². The molecule has 0 spiro atoms. The Morgan fingerprint density at radius 3 is 2.31 bits per heavy atom. The molecular weight excluding hydrogens is 388 g/mol. The van der Waals surface area contributed by atoms with Gasteiger partial charge in [0.1, 0.15) is 10.6 Å². The van der Waals surface area contributed by atoms with Crippen LogP contribution in [-0.2, 0) is 16.6 Å². The summed E-state index contributed by atoms with van der Waals surface area (Å²) in [4.78, 5) is 12.4. The van der Waals surface area contributed by atoms with Gasteiger partial charge in [-0.15, -0.1) is 0 Å². The smallest absolute Gasteiger partial charge is 0.265 e. The van der Waals surface area contributed by atoms with Crippen molar-refractivity contribution in [3.63, 3.8) is 0 Å². The number of methoxy groups -OCH3 is 1. The van der Waals surface area contributed by atoms with Crippen LogP contribution in [0.3, 0.4) is 0 Å². The highest BCUT2D eigenvalue weighted by atomic mass is 32.2. The number of hydrogen-bond acceptors (Lipinski definition) is 4. The first-order valence-corrected chi connectivity index (χ1v) is 10.5. The predicted octanol–water partition coefficient (Wildman–Crippen LogP) is 3.73. The molecule has 1 amide bonds. The molecule has 7 heteroatoms. The van der Waals surface area contributed by atoms with E-state index >= 15 is 0 Å². The molecule has 0 aliphatic heterocycles. The maximum Gasteiger partial charge on any atom is 0.265 e. The molecule has 3 aromatic carbocycles. The molecule has 0 heterocycles. The average molecular weight is 410 g/mol. The lowest BCUT2D eigenvalue weighted by molar-refractivity contribution is 0.0950. The lowest BCUT2D eigenvalue weighted by Crippen LogP contribution is -2.23. The van der Waals surface area contributed by atoms with Crippen LogP contribution in [0.25, 0.3) is 0 Å². The highest BCUT2D eigenvalue weighted by Gasteiger charge is 2.22. The zero-order valence-corrected chi connectivity index (χ0v) is 17.0. The summed E-state index contributed by atoms with van der Waals surface area (Å²) in [5.74, 6) is -0.215. The van der Waals surface area contributed by atoms with Gasteiger partial charge >= 0.3 is 0 Å². The van der Waals surface area contributed by atoms with Crippen molar-refractivity contribution < 1.29 is 17.9 Å². The van der Waals surface area contributed by atoms with Crippen molar-refractivity contribution in [2.45, 2.75) is 18.4 Å². The molecule has 2 N–H and O–H groups in total. The van der Waals surface area contributed by atoms with Gasteiger partial charge in [-0.1, -0.05) is 48.0 Å². The molecule has 0 fully saturated rings. The fourth-order valence-electron chi connectivity index (χ4n) is 2.74. The van der Waals surface area contributed by atoms with Crippen LogP contribution in [-0.4, -0.2) is 21.4 Å².